The van der Waals surface area contributed by atoms with Crippen molar-refractivity contribution in [1.29, 1.82) is 0 Å². The van der Waals surface area contributed by atoms with Crippen molar-refractivity contribution in [3.63, 3.8) is 0 Å². The molecule has 0 radical (unpaired) electrons. The molecule has 0 aromatic carbocycles. The summed E-state index contributed by atoms with van der Waals surface area (Å²) in [5.41, 5.74) is 0. The fourth-order valence-corrected chi connectivity index (χ4v) is 2.74. The Morgan fingerprint density at radius 1 is 1.12 bits per heavy atom. The first-order valence-electron chi connectivity index (χ1n) is 6.84. The highest BCUT2D eigenvalue weighted by Gasteiger charge is 2.17. The topological polar surface area (TPSA) is 24.5 Å². The second-order valence-corrected chi connectivity index (χ2v) is 5.38. The van der Waals surface area contributed by atoms with Gasteiger partial charge < -0.3 is 15.0 Å². The van der Waals surface area contributed by atoms with Gasteiger partial charge in [0.1, 0.15) is 0 Å². The molecule has 94 valence electrons. The van der Waals surface area contributed by atoms with Crippen LogP contribution in [0.1, 0.15) is 32.1 Å². The van der Waals surface area contributed by atoms with Crippen molar-refractivity contribution in [2.24, 2.45) is 5.92 Å². The molecule has 2 fully saturated rings. The zero-order valence-electron chi connectivity index (χ0n) is 10.6. The van der Waals surface area contributed by atoms with Crippen molar-refractivity contribution >= 4 is 0 Å². The van der Waals surface area contributed by atoms with Crippen molar-refractivity contribution in [2.75, 3.05) is 39.9 Å². The van der Waals surface area contributed by atoms with Crippen LogP contribution in [0.5, 0.6) is 0 Å². The highest BCUT2D eigenvalue weighted by Crippen LogP contribution is 2.19. The van der Waals surface area contributed by atoms with E-state index in [1.807, 2.05) is 0 Å². The quantitative estimate of drug-likeness (QED) is 0.786. The lowest BCUT2D eigenvalue weighted by atomic mass is 9.93. The maximum absolute atomic E-state index is 5.36. The van der Waals surface area contributed by atoms with Crippen molar-refractivity contribution < 1.29 is 4.74 Å². The van der Waals surface area contributed by atoms with Gasteiger partial charge in [-0.05, 0) is 64.7 Å². The minimum atomic E-state index is 0.722. The summed E-state index contributed by atoms with van der Waals surface area (Å²) >= 11 is 0. The Morgan fingerprint density at radius 3 is 2.50 bits per heavy atom. The fourth-order valence-electron chi connectivity index (χ4n) is 2.74. The van der Waals surface area contributed by atoms with E-state index in [-0.39, 0.29) is 0 Å². The fraction of sp³-hybridized carbons (Fsp3) is 1.00. The third-order valence-electron chi connectivity index (χ3n) is 4.05. The smallest absolute Gasteiger partial charge is 0.0480 e. The van der Waals surface area contributed by atoms with Gasteiger partial charge in [0.15, 0.2) is 0 Å². The number of rotatable bonds is 4. The molecule has 0 amide bonds. The summed E-state index contributed by atoms with van der Waals surface area (Å²) in [5, 5.41) is 3.69. The molecule has 0 aromatic heterocycles. The number of hydrogen-bond acceptors (Lipinski definition) is 3. The van der Waals surface area contributed by atoms with Gasteiger partial charge in [-0.1, -0.05) is 0 Å². The summed E-state index contributed by atoms with van der Waals surface area (Å²) in [6.45, 7) is 5.70. The lowest BCUT2D eigenvalue weighted by Gasteiger charge is -2.30. The minimum Gasteiger partial charge on any atom is -0.381 e. The summed E-state index contributed by atoms with van der Waals surface area (Å²) < 4.78 is 5.36. The molecule has 3 nitrogen and oxygen atoms in total. The summed E-state index contributed by atoms with van der Waals surface area (Å²) in [4.78, 5) is 2.45. The third kappa shape index (κ3) is 4.04. The molecule has 16 heavy (non-hydrogen) atoms. The van der Waals surface area contributed by atoms with Gasteiger partial charge in [-0.2, -0.15) is 0 Å². The number of hydrogen-bond donors (Lipinski definition) is 1. The molecule has 0 spiro atoms. The Balaban J connectivity index is 1.53. The molecule has 2 aliphatic heterocycles. The first-order chi connectivity index (χ1) is 7.84. The maximum Gasteiger partial charge on any atom is 0.0480 e. The number of piperidine rings is 1. The van der Waals surface area contributed by atoms with Crippen molar-refractivity contribution in [3.05, 3.63) is 0 Å². The van der Waals surface area contributed by atoms with Crippen molar-refractivity contribution in [1.82, 2.24) is 10.2 Å². The lowest BCUT2D eigenvalue weighted by molar-refractivity contribution is 0.0773. The summed E-state index contributed by atoms with van der Waals surface area (Å²) in [5.74, 6) is 0.962. The Bertz CT molecular complexity index is 184. The molecule has 2 saturated heterocycles. The van der Waals surface area contributed by atoms with Crippen LogP contribution < -0.4 is 5.32 Å². The molecule has 2 rings (SSSR count). The number of nitrogens with zero attached hydrogens (tertiary/aromatic N) is 1. The van der Waals surface area contributed by atoms with Crippen LogP contribution in [0.25, 0.3) is 0 Å². The highest BCUT2D eigenvalue weighted by atomic mass is 16.5. The zero-order chi connectivity index (χ0) is 11.2. The van der Waals surface area contributed by atoms with E-state index in [1.165, 1.54) is 51.7 Å². The van der Waals surface area contributed by atoms with Gasteiger partial charge in [0.05, 0.1) is 0 Å². The number of likely N-dealkylation sites (tertiary alicyclic amines) is 1. The standard InChI is InChI=1S/C13H26N2O/c1-15-8-3-12(4-9-15)2-7-14-13-5-10-16-11-6-13/h12-14H,2-11H2,1H3. The zero-order valence-corrected chi connectivity index (χ0v) is 10.6. The first-order valence-corrected chi connectivity index (χ1v) is 6.84. The van der Waals surface area contributed by atoms with E-state index < -0.39 is 0 Å². The molecule has 0 aromatic rings. The average Bonchev–Trinajstić information content (AvgIpc) is 2.33. The van der Waals surface area contributed by atoms with E-state index in [2.05, 4.69) is 17.3 Å². The van der Waals surface area contributed by atoms with Crippen LogP contribution in [0, 0.1) is 5.92 Å². The van der Waals surface area contributed by atoms with Gasteiger partial charge in [0.25, 0.3) is 0 Å². The highest BCUT2D eigenvalue weighted by molar-refractivity contribution is 4.74. The second-order valence-electron chi connectivity index (χ2n) is 5.38. The second kappa shape index (κ2) is 6.58. The average molecular weight is 226 g/mol. The van der Waals surface area contributed by atoms with Gasteiger partial charge in [0, 0.05) is 19.3 Å². The van der Waals surface area contributed by atoms with Crippen molar-refractivity contribution in [3.8, 4) is 0 Å². The van der Waals surface area contributed by atoms with E-state index in [1.54, 1.807) is 0 Å². The molecule has 1 N–H and O–H groups in total. The SMILES string of the molecule is CN1CCC(CCNC2CCOCC2)CC1. The van der Waals surface area contributed by atoms with Gasteiger partial charge >= 0.3 is 0 Å². The van der Waals surface area contributed by atoms with Crippen LogP contribution in [0.4, 0.5) is 0 Å². The van der Waals surface area contributed by atoms with Crippen molar-refractivity contribution in [2.45, 2.75) is 38.1 Å². The maximum atomic E-state index is 5.36. The summed E-state index contributed by atoms with van der Waals surface area (Å²) in [6, 6.07) is 0.722. The largest absolute Gasteiger partial charge is 0.381 e. The van der Waals surface area contributed by atoms with Crippen LogP contribution in [0.2, 0.25) is 0 Å². The van der Waals surface area contributed by atoms with Crippen LogP contribution in [0.3, 0.4) is 0 Å². The molecule has 0 bridgehead atoms. The van der Waals surface area contributed by atoms with Crippen LogP contribution >= 0.6 is 0 Å². The molecule has 2 heterocycles. The Morgan fingerprint density at radius 2 is 1.81 bits per heavy atom. The normalized spacial score (nSPS) is 26.1. The van der Waals surface area contributed by atoms with Gasteiger partial charge in [-0.15, -0.1) is 0 Å². The van der Waals surface area contributed by atoms with E-state index >= 15 is 0 Å². The number of nitrogens with one attached hydrogen (secondary N) is 1. The predicted octanol–water partition coefficient (Wildman–Crippen LogP) is 1.49. The minimum absolute atomic E-state index is 0.722. The van der Waals surface area contributed by atoms with E-state index in [0.717, 1.165) is 25.2 Å². The van der Waals surface area contributed by atoms with E-state index in [0.29, 0.717) is 0 Å². The number of ether oxygens (including phenoxy) is 1. The summed E-state index contributed by atoms with van der Waals surface area (Å²) in [6.07, 6.45) is 6.56. The lowest BCUT2D eigenvalue weighted by Crippen LogP contribution is -2.37. The van der Waals surface area contributed by atoms with Gasteiger partial charge in [0.2, 0.25) is 0 Å². The molecule has 2 aliphatic rings. The summed E-state index contributed by atoms with van der Waals surface area (Å²) in [7, 11) is 2.23. The molecule has 0 saturated carbocycles. The Labute approximate surface area is 99.5 Å². The monoisotopic (exact) mass is 226 g/mol. The van der Waals surface area contributed by atoms with Crippen LogP contribution in [0.15, 0.2) is 0 Å². The van der Waals surface area contributed by atoms with Crippen LogP contribution in [-0.2, 0) is 4.74 Å². The molecular formula is C13H26N2O. The van der Waals surface area contributed by atoms with Crippen LogP contribution in [-0.4, -0.2) is 50.8 Å². The Hall–Kier alpha value is -0.120. The third-order valence-corrected chi connectivity index (χ3v) is 4.05. The van der Waals surface area contributed by atoms with Gasteiger partial charge in [-0.3, -0.25) is 0 Å². The molecule has 3 heteroatoms. The molecule has 0 atom stereocenters. The van der Waals surface area contributed by atoms with Gasteiger partial charge in [-0.25, -0.2) is 0 Å². The molecule has 0 unspecified atom stereocenters. The predicted molar refractivity (Wildman–Crippen MR) is 66.7 cm³/mol. The van der Waals surface area contributed by atoms with E-state index in [4.69, 9.17) is 4.74 Å². The molecular weight excluding hydrogens is 200 g/mol. The van der Waals surface area contributed by atoms with E-state index in [9.17, 15) is 0 Å². The molecule has 0 aliphatic carbocycles. The first kappa shape index (κ1) is 12.3. The Kier molecular flexibility index (Phi) is 5.07.